The highest BCUT2D eigenvalue weighted by Crippen LogP contribution is 2.17. The molecule has 0 amide bonds. The molecule has 0 aromatic carbocycles. The molecule has 0 saturated heterocycles. The van der Waals surface area contributed by atoms with Crippen LogP contribution in [0, 0.1) is 0 Å². The highest BCUT2D eigenvalue weighted by Gasteiger charge is 2.19. The van der Waals surface area contributed by atoms with Gasteiger partial charge < -0.3 is 14.2 Å². The fourth-order valence-corrected chi connectivity index (χ4v) is 8.59. The van der Waals surface area contributed by atoms with Gasteiger partial charge in [0.05, 0.1) is 0 Å². The van der Waals surface area contributed by atoms with E-state index in [0.717, 1.165) is 64.2 Å². The normalized spacial score (nSPS) is 12.1. The number of allylic oxidation sites excluding steroid dienone is 4. The van der Waals surface area contributed by atoms with E-state index in [1.165, 1.54) is 212 Å². The monoisotopic (exact) mass is 915 g/mol. The second-order valence-corrected chi connectivity index (χ2v) is 19.6. The highest BCUT2D eigenvalue weighted by molar-refractivity contribution is 5.71. The molecule has 0 aliphatic rings. The van der Waals surface area contributed by atoms with Crippen molar-refractivity contribution in [2.75, 3.05) is 13.2 Å². The minimum atomic E-state index is -0.762. The molecule has 0 aromatic rings. The molecule has 1 unspecified atom stereocenters. The van der Waals surface area contributed by atoms with Gasteiger partial charge in [-0.05, 0) is 51.4 Å². The van der Waals surface area contributed by atoms with E-state index in [0.29, 0.717) is 19.3 Å². The van der Waals surface area contributed by atoms with E-state index in [2.05, 4.69) is 45.1 Å². The van der Waals surface area contributed by atoms with Gasteiger partial charge in [-0.1, -0.05) is 270 Å². The van der Waals surface area contributed by atoms with E-state index < -0.39 is 6.10 Å². The molecule has 0 aliphatic carbocycles. The predicted octanol–water partition coefficient (Wildman–Crippen LogP) is 19.1. The van der Waals surface area contributed by atoms with Crippen LogP contribution < -0.4 is 0 Å². The van der Waals surface area contributed by atoms with Gasteiger partial charge in [0.2, 0.25) is 0 Å². The minimum absolute atomic E-state index is 0.0655. The Morgan fingerprint density at radius 2 is 0.554 bits per heavy atom. The Bertz CT molecular complexity index is 1050. The lowest BCUT2D eigenvalue weighted by molar-refractivity contribution is -0.167. The Kier molecular flexibility index (Phi) is 52.7. The minimum Gasteiger partial charge on any atom is -0.462 e. The van der Waals surface area contributed by atoms with Crippen LogP contribution in [0.3, 0.4) is 0 Å². The van der Waals surface area contributed by atoms with Crippen molar-refractivity contribution in [1.29, 1.82) is 0 Å². The molecule has 0 aromatic heterocycles. The van der Waals surface area contributed by atoms with Crippen molar-refractivity contribution in [3.63, 3.8) is 0 Å². The first-order valence-corrected chi connectivity index (χ1v) is 28.8. The number of hydrogen-bond acceptors (Lipinski definition) is 6. The van der Waals surface area contributed by atoms with Crippen LogP contribution in [0.5, 0.6) is 0 Å². The predicted molar refractivity (Wildman–Crippen MR) is 279 cm³/mol. The maximum Gasteiger partial charge on any atom is 0.306 e. The van der Waals surface area contributed by atoms with E-state index in [4.69, 9.17) is 14.2 Å². The van der Waals surface area contributed by atoms with Crippen molar-refractivity contribution in [2.24, 2.45) is 0 Å². The number of hydrogen-bond donors (Lipinski definition) is 0. The molecule has 0 heterocycles. The molecule has 0 bridgehead atoms. The quantitative estimate of drug-likeness (QED) is 0.0262. The lowest BCUT2D eigenvalue weighted by Gasteiger charge is -2.18. The van der Waals surface area contributed by atoms with E-state index in [9.17, 15) is 14.4 Å². The SMILES string of the molecule is CCCCCCC/C=C\C/C=C\CCCCCCCCCCCCCCCCCCCC(=O)OCC(COC(=O)CCCCCCCCCC)OC(=O)CCCCCCCCCCCC. The van der Waals surface area contributed by atoms with Crippen molar-refractivity contribution in [2.45, 2.75) is 322 Å². The molecule has 6 heteroatoms. The molecule has 0 radical (unpaired) electrons. The van der Waals surface area contributed by atoms with Gasteiger partial charge in [0.25, 0.3) is 0 Å². The van der Waals surface area contributed by atoms with Crippen LogP contribution in [0.25, 0.3) is 0 Å². The molecule has 65 heavy (non-hydrogen) atoms. The summed E-state index contributed by atoms with van der Waals surface area (Å²) in [5.74, 6) is -0.855. The van der Waals surface area contributed by atoms with Crippen LogP contribution in [0.2, 0.25) is 0 Å². The number of ether oxygens (including phenoxy) is 3. The Hall–Kier alpha value is -2.11. The first kappa shape index (κ1) is 62.9. The highest BCUT2D eigenvalue weighted by atomic mass is 16.6. The average Bonchev–Trinajstić information content (AvgIpc) is 3.30. The molecule has 382 valence electrons. The maximum atomic E-state index is 12.7. The molecular formula is C59H110O6. The van der Waals surface area contributed by atoms with Crippen LogP contribution in [0.4, 0.5) is 0 Å². The Morgan fingerprint density at radius 3 is 0.846 bits per heavy atom. The van der Waals surface area contributed by atoms with Gasteiger partial charge >= 0.3 is 17.9 Å². The molecule has 0 saturated carbocycles. The van der Waals surface area contributed by atoms with Crippen molar-refractivity contribution in [3.05, 3.63) is 24.3 Å². The number of unbranched alkanes of at least 4 members (excludes halogenated alkanes) is 38. The number of carbonyl (C=O) groups is 3. The van der Waals surface area contributed by atoms with Crippen LogP contribution in [0.15, 0.2) is 24.3 Å². The van der Waals surface area contributed by atoms with E-state index in [-0.39, 0.29) is 31.1 Å². The summed E-state index contributed by atoms with van der Waals surface area (Å²) in [6.07, 6.45) is 63.5. The van der Waals surface area contributed by atoms with Gasteiger partial charge in [0.15, 0.2) is 6.10 Å². The fraction of sp³-hybridized carbons (Fsp3) is 0.881. The number of esters is 3. The summed E-state index contributed by atoms with van der Waals surface area (Å²) in [6.45, 7) is 6.62. The Labute approximate surface area is 404 Å². The Balaban J connectivity index is 3.98. The zero-order chi connectivity index (χ0) is 47.2. The van der Waals surface area contributed by atoms with Crippen molar-refractivity contribution in [1.82, 2.24) is 0 Å². The summed E-state index contributed by atoms with van der Waals surface area (Å²) in [5, 5.41) is 0. The van der Waals surface area contributed by atoms with E-state index >= 15 is 0 Å². The molecule has 0 N–H and O–H groups in total. The van der Waals surface area contributed by atoms with Gasteiger partial charge in [0, 0.05) is 19.3 Å². The number of carbonyl (C=O) groups excluding carboxylic acids is 3. The molecule has 6 nitrogen and oxygen atoms in total. The van der Waals surface area contributed by atoms with Crippen LogP contribution in [0.1, 0.15) is 316 Å². The molecular weight excluding hydrogens is 805 g/mol. The van der Waals surface area contributed by atoms with Crippen LogP contribution in [-0.4, -0.2) is 37.2 Å². The molecule has 0 fully saturated rings. The second kappa shape index (κ2) is 54.5. The van der Waals surface area contributed by atoms with Crippen molar-refractivity contribution < 1.29 is 28.6 Å². The topological polar surface area (TPSA) is 78.9 Å². The fourth-order valence-electron chi connectivity index (χ4n) is 8.59. The standard InChI is InChI=1S/C59H110O6/c1-4-7-10-13-16-19-21-22-23-24-25-26-27-28-29-30-31-32-33-34-35-36-37-38-39-41-43-46-49-52-58(61)64-55-56(54-63-57(60)51-48-45-42-18-15-12-9-6-3)65-59(62)53-50-47-44-40-20-17-14-11-8-5-2/h21-22,24-25,56H,4-20,23,26-55H2,1-3H3/b22-21-,25-24-. The van der Waals surface area contributed by atoms with Crippen molar-refractivity contribution >= 4 is 17.9 Å². The third kappa shape index (κ3) is 52.7. The summed E-state index contributed by atoms with van der Waals surface area (Å²) >= 11 is 0. The largest absolute Gasteiger partial charge is 0.462 e. The van der Waals surface area contributed by atoms with E-state index in [1.54, 1.807) is 0 Å². The summed E-state index contributed by atoms with van der Waals surface area (Å²) in [7, 11) is 0. The maximum absolute atomic E-state index is 12.7. The van der Waals surface area contributed by atoms with E-state index in [1.807, 2.05) is 0 Å². The first-order valence-electron chi connectivity index (χ1n) is 28.8. The molecule has 0 aliphatic heterocycles. The van der Waals surface area contributed by atoms with Crippen LogP contribution in [-0.2, 0) is 28.6 Å². The van der Waals surface area contributed by atoms with Crippen molar-refractivity contribution in [3.8, 4) is 0 Å². The molecule has 1 atom stereocenters. The summed E-state index contributed by atoms with van der Waals surface area (Å²) in [4.78, 5) is 37.8. The summed E-state index contributed by atoms with van der Waals surface area (Å²) in [6, 6.07) is 0. The number of rotatable bonds is 53. The summed E-state index contributed by atoms with van der Waals surface area (Å²) < 4.78 is 16.8. The zero-order valence-electron chi connectivity index (χ0n) is 43.8. The second-order valence-electron chi connectivity index (χ2n) is 19.6. The lowest BCUT2D eigenvalue weighted by atomic mass is 10.0. The van der Waals surface area contributed by atoms with Gasteiger partial charge in [0.1, 0.15) is 13.2 Å². The average molecular weight is 916 g/mol. The van der Waals surface area contributed by atoms with Gasteiger partial charge in [-0.3, -0.25) is 14.4 Å². The summed E-state index contributed by atoms with van der Waals surface area (Å²) in [5.41, 5.74) is 0. The zero-order valence-corrected chi connectivity index (χ0v) is 43.8. The molecule has 0 spiro atoms. The van der Waals surface area contributed by atoms with Gasteiger partial charge in [-0.25, -0.2) is 0 Å². The Morgan fingerprint density at radius 1 is 0.308 bits per heavy atom. The third-order valence-corrected chi connectivity index (χ3v) is 13.0. The third-order valence-electron chi connectivity index (χ3n) is 13.0. The van der Waals surface area contributed by atoms with Crippen LogP contribution >= 0.6 is 0 Å². The molecule has 0 rings (SSSR count). The lowest BCUT2D eigenvalue weighted by Crippen LogP contribution is -2.30. The van der Waals surface area contributed by atoms with Gasteiger partial charge in [-0.2, -0.15) is 0 Å². The first-order chi connectivity index (χ1) is 32.0. The van der Waals surface area contributed by atoms with Gasteiger partial charge in [-0.15, -0.1) is 0 Å². The smallest absolute Gasteiger partial charge is 0.306 e.